The fourth-order valence-corrected chi connectivity index (χ4v) is 2.74. The predicted octanol–water partition coefficient (Wildman–Crippen LogP) is 2.53. The van der Waals surface area contributed by atoms with E-state index in [4.69, 9.17) is 0 Å². The molecule has 0 unspecified atom stereocenters. The molecule has 0 aliphatic heterocycles. The smallest absolute Gasteiger partial charge is 0.221 e. The van der Waals surface area contributed by atoms with Crippen molar-refractivity contribution in [3.8, 4) is 10.6 Å². The van der Waals surface area contributed by atoms with Gasteiger partial charge in [-0.2, -0.15) is 5.10 Å². The summed E-state index contributed by atoms with van der Waals surface area (Å²) >= 11 is 1.68. The lowest BCUT2D eigenvalue weighted by Gasteiger charge is -2.20. The summed E-state index contributed by atoms with van der Waals surface area (Å²) in [7, 11) is 0. The number of aromatic amines is 1. The topological polar surface area (TPSA) is 69.8 Å². The van der Waals surface area contributed by atoms with Crippen LogP contribution in [0.5, 0.6) is 0 Å². The average molecular weight is 306 g/mol. The summed E-state index contributed by atoms with van der Waals surface area (Å²) in [4.78, 5) is 12.9. The molecule has 6 heteroatoms. The quantitative estimate of drug-likeness (QED) is 0.718. The zero-order chi connectivity index (χ0) is 15.3. The first kappa shape index (κ1) is 15.7. The highest BCUT2D eigenvalue weighted by atomic mass is 32.1. The molecule has 2 aromatic rings. The molecule has 3 N–H and O–H groups in total. The molecular weight excluding hydrogens is 284 g/mol. The molecule has 114 valence electrons. The van der Waals surface area contributed by atoms with Crippen molar-refractivity contribution in [2.45, 2.75) is 39.3 Å². The number of rotatable bonds is 6. The number of carbonyl (C=O) groups is 1. The number of thiophene rings is 1. The minimum absolute atomic E-state index is 0.0701. The molecule has 0 atom stereocenters. The highest BCUT2D eigenvalue weighted by Crippen LogP contribution is 2.25. The van der Waals surface area contributed by atoms with Crippen molar-refractivity contribution in [1.82, 2.24) is 20.8 Å². The van der Waals surface area contributed by atoms with Gasteiger partial charge in [-0.05, 0) is 32.2 Å². The Balaban J connectivity index is 1.78. The predicted molar refractivity (Wildman–Crippen MR) is 86.1 cm³/mol. The molecule has 0 bridgehead atoms. The number of hydrogen-bond donors (Lipinski definition) is 3. The van der Waals surface area contributed by atoms with Crippen LogP contribution in [0.3, 0.4) is 0 Å². The number of amides is 1. The Morgan fingerprint density at radius 1 is 1.43 bits per heavy atom. The van der Waals surface area contributed by atoms with Crippen molar-refractivity contribution in [1.29, 1.82) is 0 Å². The van der Waals surface area contributed by atoms with Crippen molar-refractivity contribution in [3.63, 3.8) is 0 Å². The van der Waals surface area contributed by atoms with Crippen molar-refractivity contribution in [3.05, 3.63) is 29.3 Å². The van der Waals surface area contributed by atoms with Gasteiger partial charge >= 0.3 is 0 Å². The Kier molecular flexibility index (Phi) is 5.14. The molecule has 2 heterocycles. The van der Waals surface area contributed by atoms with Crippen LogP contribution in [0.25, 0.3) is 10.6 Å². The zero-order valence-corrected chi connectivity index (χ0v) is 13.5. The lowest BCUT2D eigenvalue weighted by atomic mass is 10.1. The maximum atomic E-state index is 11.7. The summed E-state index contributed by atoms with van der Waals surface area (Å²) in [5.41, 5.74) is 2.00. The monoisotopic (exact) mass is 306 g/mol. The van der Waals surface area contributed by atoms with E-state index in [1.54, 1.807) is 11.3 Å². The fraction of sp³-hybridized carbons (Fsp3) is 0.467. The van der Waals surface area contributed by atoms with E-state index in [1.807, 2.05) is 38.4 Å². The molecule has 2 rings (SSSR count). The standard InChI is InChI=1S/C15H22N4OS/c1-15(2,3)18-13(20)6-7-16-9-11-10-17-19-14(11)12-5-4-8-21-12/h4-5,8,10,16H,6-7,9H2,1-3H3,(H,17,19)(H,18,20). The van der Waals surface area contributed by atoms with E-state index in [2.05, 4.69) is 26.9 Å². The van der Waals surface area contributed by atoms with Crippen molar-refractivity contribution < 1.29 is 4.79 Å². The summed E-state index contributed by atoms with van der Waals surface area (Å²) in [6.45, 7) is 7.30. The van der Waals surface area contributed by atoms with E-state index in [1.165, 1.54) is 4.88 Å². The highest BCUT2D eigenvalue weighted by Gasteiger charge is 2.13. The summed E-state index contributed by atoms with van der Waals surface area (Å²) < 4.78 is 0. The van der Waals surface area contributed by atoms with Crippen molar-refractivity contribution >= 4 is 17.2 Å². The van der Waals surface area contributed by atoms with E-state index >= 15 is 0 Å². The average Bonchev–Trinajstić information content (AvgIpc) is 3.02. The fourth-order valence-electron chi connectivity index (χ4n) is 1.99. The Hall–Kier alpha value is -1.66. The molecule has 0 saturated heterocycles. The van der Waals surface area contributed by atoms with Crippen LogP contribution < -0.4 is 10.6 Å². The van der Waals surface area contributed by atoms with Gasteiger partial charge in [0.1, 0.15) is 0 Å². The molecule has 0 aliphatic rings. The number of nitrogens with one attached hydrogen (secondary N) is 3. The van der Waals surface area contributed by atoms with Crippen molar-refractivity contribution in [2.24, 2.45) is 0 Å². The van der Waals surface area contributed by atoms with E-state index < -0.39 is 0 Å². The van der Waals surface area contributed by atoms with Gasteiger partial charge in [0, 0.05) is 30.6 Å². The molecule has 0 fully saturated rings. The van der Waals surface area contributed by atoms with Crippen LogP contribution in [0.4, 0.5) is 0 Å². The van der Waals surface area contributed by atoms with Crippen LogP contribution in [0, 0.1) is 0 Å². The Morgan fingerprint density at radius 3 is 2.90 bits per heavy atom. The number of H-pyrrole nitrogens is 1. The molecular formula is C15H22N4OS. The van der Waals surface area contributed by atoms with E-state index in [-0.39, 0.29) is 11.4 Å². The molecule has 0 aliphatic carbocycles. The van der Waals surface area contributed by atoms with Gasteiger partial charge in [-0.25, -0.2) is 0 Å². The number of nitrogens with zero attached hydrogens (tertiary/aromatic N) is 1. The third-order valence-corrected chi connectivity index (χ3v) is 3.73. The third kappa shape index (κ3) is 4.99. The van der Waals surface area contributed by atoms with Gasteiger partial charge in [-0.1, -0.05) is 6.07 Å². The third-order valence-electron chi connectivity index (χ3n) is 2.84. The molecule has 0 saturated carbocycles. The lowest BCUT2D eigenvalue weighted by Crippen LogP contribution is -2.41. The van der Waals surface area contributed by atoms with E-state index in [0.717, 1.165) is 11.3 Å². The van der Waals surface area contributed by atoms with Gasteiger partial charge in [-0.15, -0.1) is 11.3 Å². The summed E-state index contributed by atoms with van der Waals surface area (Å²) in [5.74, 6) is 0.0701. The minimum atomic E-state index is -0.173. The lowest BCUT2D eigenvalue weighted by molar-refractivity contribution is -0.122. The van der Waals surface area contributed by atoms with Crippen LogP contribution in [0.1, 0.15) is 32.8 Å². The van der Waals surface area contributed by atoms with Gasteiger partial charge in [-0.3, -0.25) is 9.89 Å². The van der Waals surface area contributed by atoms with Gasteiger partial charge in [0.25, 0.3) is 0 Å². The highest BCUT2D eigenvalue weighted by molar-refractivity contribution is 7.13. The van der Waals surface area contributed by atoms with Gasteiger partial charge < -0.3 is 10.6 Å². The van der Waals surface area contributed by atoms with Crippen LogP contribution in [0.2, 0.25) is 0 Å². The van der Waals surface area contributed by atoms with Crippen LogP contribution in [-0.2, 0) is 11.3 Å². The maximum absolute atomic E-state index is 11.7. The first-order chi connectivity index (χ1) is 9.96. The second-order valence-corrected chi connectivity index (χ2v) is 6.92. The molecule has 0 aromatic carbocycles. The van der Waals surface area contributed by atoms with Gasteiger partial charge in [0.05, 0.1) is 16.8 Å². The first-order valence-electron chi connectivity index (χ1n) is 7.03. The van der Waals surface area contributed by atoms with Gasteiger partial charge in [0.15, 0.2) is 0 Å². The second-order valence-electron chi connectivity index (χ2n) is 5.97. The maximum Gasteiger partial charge on any atom is 0.221 e. The molecule has 0 radical (unpaired) electrons. The number of hydrogen-bond acceptors (Lipinski definition) is 4. The largest absolute Gasteiger partial charge is 0.351 e. The number of carbonyl (C=O) groups excluding carboxylic acids is 1. The summed E-state index contributed by atoms with van der Waals surface area (Å²) in [6, 6.07) is 4.09. The Morgan fingerprint density at radius 2 is 2.24 bits per heavy atom. The SMILES string of the molecule is CC(C)(C)NC(=O)CCNCc1cn[nH]c1-c1cccs1. The zero-order valence-electron chi connectivity index (χ0n) is 12.7. The normalized spacial score (nSPS) is 11.6. The summed E-state index contributed by atoms with van der Waals surface area (Å²) in [5, 5.41) is 15.4. The van der Waals surface area contributed by atoms with E-state index in [0.29, 0.717) is 19.5 Å². The minimum Gasteiger partial charge on any atom is -0.351 e. The molecule has 0 spiro atoms. The summed E-state index contributed by atoms with van der Waals surface area (Å²) in [6.07, 6.45) is 2.31. The molecule has 5 nitrogen and oxygen atoms in total. The Bertz CT molecular complexity index is 569. The Labute approximate surface area is 129 Å². The van der Waals surface area contributed by atoms with E-state index in [9.17, 15) is 4.79 Å². The number of aromatic nitrogens is 2. The van der Waals surface area contributed by atoms with Crippen LogP contribution in [-0.4, -0.2) is 28.2 Å². The van der Waals surface area contributed by atoms with Crippen LogP contribution in [0.15, 0.2) is 23.7 Å². The van der Waals surface area contributed by atoms with Gasteiger partial charge in [0.2, 0.25) is 5.91 Å². The van der Waals surface area contributed by atoms with Crippen LogP contribution >= 0.6 is 11.3 Å². The second kappa shape index (κ2) is 6.87. The molecule has 1 amide bonds. The van der Waals surface area contributed by atoms with Crippen molar-refractivity contribution in [2.75, 3.05) is 6.54 Å². The first-order valence-corrected chi connectivity index (χ1v) is 7.91. The molecule has 2 aromatic heterocycles. The molecule has 21 heavy (non-hydrogen) atoms.